The van der Waals surface area contributed by atoms with E-state index in [1.165, 1.54) is 6.07 Å². The summed E-state index contributed by atoms with van der Waals surface area (Å²) in [6.07, 6.45) is 1.05. The fraction of sp³-hybridized carbons (Fsp3) is 0.500. The predicted octanol–water partition coefficient (Wildman–Crippen LogP) is 1.69. The maximum Gasteiger partial charge on any atom is 0.250 e. The first-order chi connectivity index (χ1) is 11.3. The molecule has 1 aliphatic rings. The number of nitrogens with zero attached hydrogens (tertiary/aromatic N) is 3. The Morgan fingerprint density at radius 3 is 2.83 bits per heavy atom. The molecule has 0 spiro atoms. The van der Waals surface area contributed by atoms with Crippen LogP contribution in [0.3, 0.4) is 0 Å². The standard InChI is InChI=1S/C16H21FN4O2/c17-14-5-2-1-4-13(14)16-20-19-15(23-16)12-18-6-3-7-21-8-10-22-11-9-21/h1-2,4-5,18H,3,6-12H2. The molecular weight excluding hydrogens is 299 g/mol. The monoisotopic (exact) mass is 320 g/mol. The molecule has 0 amide bonds. The van der Waals surface area contributed by atoms with Crippen LogP contribution in [0.4, 0.5) is 4.39 Å². The minimum atomic E-state index is -0.360. The van der Waals surface area contributed by atoms with Gasteiger partial charge in [0.2, 0.25) is 5.89 Å². The Kier molecular flexibility index (Phi) is 5.68. The van der Waals surface area contributed by atoms with E-state index in [1.807, 2.05) is 0 Å². The van der Waals surface area contributed by atoms with E-state index in [1.54, 1.807) is 18.2 Å². The summed E-state index contributed by atoms with van der Waals surface area (Å²) < 4.78 is 24.5. The molecular formula is C16H21FN4O2. The number of benzene rings is 1. The third kappa shape index (κ3) is 4.57. The summed E-state index contributed by atoms with van der Waals surface area (Å²) in [5.74, 6) is 0.323. The van der Waals surface area contributed by atoms with E-state index in [9.17, 15) is 4.39 Å². The topological polar surface area (TPSA) is 63.4 Å². The minimum absolute atomic E-state index is 0.216. The maximum absolute atomic E-state index is 13.7. The first kappa shape index (κ1) is 16.0. The van der Waals surface area contributed by atoms with Gasteiger partial charge in [-0.2, -0.15) is 0 Å². The van der Waals surface area contributed by atoms with Crippen LogP contribution in [-0.2, 0) is 11.3 Å². The lowest BCUT2D eigenvalue weighted by Crippen LogP contribution is -2.37. The Bertz CT molecular complexity index is 614. The van der Waals surface area contributed by atoms with E-state index in [0.717, 1.165) is 45.8 Å². The van der Waals surface area contributed by atoms with Gasteiger partial charge < -0.3 is 14.5 Å². The van der Waals surface area contributed by atoms with Gasteiger partial charge in [0, 0.05) is 13.1 Å². The van der Waals surface area contributed by atoms with Gasteiger partial charge in [0.05, 0.1) is 25.3 Å². The van der Waals surface area contributed by atoms with Crippen LogP contribution in [0.1, 0.15) is 12.3 Å². The summed E-state index contributed by atoms with van der Waals surface area (Å²) in [6.45, 7) is 6.09. The molecule has 0 aliphatic carbocycles. The van der Waals surface area contributed by atoms with Crippen molar-refractivity contribution in [3.8, 4) is 11.5 Å². The molecule has 2 aromatic rings. The third-order valence-electron chi connectivity index (χ3n) is 3.78. The van der Waals surface area contributed by atoms with Crippen LogP contribution in [0.2, 0.25) is 0 Å². The zero-order valence-corrected chi connectivity index (χ0v) is 13.0. The maximum atomic E-state index is 13.7. The van der Waals surface area contributed by atoms with Crippen LogP contribution in [0.25, 0.3) is 11.5 Å². The summed E-state index contributed by atoms with van der Waals surface area (Å²) in [6, 6.07) is 6.38. The number of nitrogens with one attached hydrogen (secondary N) is 1. The number of aromatic nitrogens is 2. The van der Waals surface area contributed by atoms with E-state index in [4.69, 9.17) is 9.15 Å². The molecule has 1 N–H and O–H groups in total. The average Bonchev–Trinajstić information content (AvgIpc) is 3.04. The number of halogens is 1. The fourth-order valence-corrected chi connectivity index (χ4v) is 2.52. The molecule has 1 aromatic heterocycles. The molecule has 0 radical (unpaired) electrons. The van der Waals surface area contributed by atoms with E-state index in [2.05, 4.69) is 20.4 Å². The van der Waals surface area contributed by atoms with Gasteiger partial charge in [-0.15, -0.1) is 10.2 Å². The molecule has 2 heterocycles. The van der Waals surface area contributed by atoms with Gasteiger partial charge in [-0.05, 0) is 31.6 Å². The first-order valence-electron chi connectivity index (χ1n) is 7.91. The molecule has 6 nitrogen and oxygen atoms in total. The molecule has 0 unspecified atom stereocenters. The normalized spacial score (nSPS) is 15.9. The summed E-state index contributed by atoms with van der Waals surface area (Å²) in [5, 5.41) is 11.1. The van der Waals surface area contributed by atoms with Gasteiger partial charge in [-0.1, -0.05) is 12.1 Å². The van der Waals surface area contributed by atoms with Gasteiger partial charge >= 0.3 is 0 Å². The van der Waals surface area contributed by atoms with Crippen molar-refractivity contribution in [3.63, 3.8) is 0 Å². The molecule has 0 bridgehead atoms. The van der Waals surface area contributed by atoms with Crippen LogP contribution >= 0.6 is 0 Å². The van der Waals surface area contributed by atoms with Crippen LogP contribution in [0.5, 0.6) is 0 Å². The Morgan fingerprint density at radius 1 is 1.17 bits per heavy atom. The SMILES string of the molecule is Fc1ccccc1-c1nnc(CNCCCN2CCOCC2)o1. The molecule has 23 heavy (non-hydrogen) atoms. The smallest absolute Gasteiger partial charge is 0.250 e. The number of hydrogen-bond acceptors (Lipinski definition) is 6. The third-order valence-corrected chi connectivity index (χ3v) is 3.78. The number of ether oxygens (including phenoxy) is 1. The van der Waals surface area contributed by atoms with Crippen molar-refractivity contribution in [3.05, 3.63) is 36.0 Å². The molecule has 1 aromatic carbocycles. The average molecular weight is 320 g/mol. The number of hydrogen-bond donors (Lipinski definition) is 1. The highest BCUT2D eigenvalue weighted by atomic mass is 19.1. The Balaban J connectivity index is 1.40. The zero-order chi connectivity index (χ0) is 15.9. The lowest BCUT2D eigenvalue weighted by molar-refractivity contribution is 0.0374. The molecule has 1 aliphatic heterocycles. The van der Waals surface area contributed by atoms with E-state index in [-0.39, 0.29) is 11.7 Å². The highest BCUT2D eigenvalue weighted by Crippen LogP contribution is 2.20. The highest BCUT2D eigenvalue weighted by Gasteiger charge is 2.12. The number of rotatable bonds is 7. The molecule has 0 atom stereocenters. The second-order valence-corrected chi connectivity index (χ2v) is 5.47. The largest absolute Gasteiger partial charge is 0.419 e. The molecule has 7 heteroatoms. The van der Waals surface area contributed by atoms with Crippen molar-refractivity contribution >= 4 is 0 Å². The fourth-order valence-electron chi connectivity index (χ4n) is 2.52. The second kappa shape index (κ2) is 8.14. The van der Waals surface area contributed by atoms with Crippen molar-refractivity contribution in [2.45, 2.75) is 13.0 Å². The Hall–Kier alpha value is -1.83. The van der Waals surface area contributed by atoms with Gasteiger partial charge in [0.15, 0.2) is 0 Å². The van der Waals surface area contributed by atoms with Crippen molar-refractivity contribution in [2.75, 3.05) is 39.4 Å². The molecule has 1 saturated heterocycles. The van der Waals surface area contributed by atoms with Crippen molar-refractivity contribution < 1.29 is 13.5 Å². The van der Waals surface area contributed by atoms with Crippen LogP contribution < -0.4 is 5.32 Å². The number of morpholine rings is 1. The van der Waals surface area contributed by atoms with E-state index in [0.29, 0.717) is 18.0 Å². The summed E-state index contributed by atoms with van der Waals surface area (Å²) in [7, 11) is 0. The molecule has 0 saturated carbocycles. The summed E-state index contributed by atoms with van der Waals surface area (Å²) in [5.41, 5.74) is 0.332. The molecule has 3 rings (SSSR count). The van der Waals surface area contributed by atoms with Gasteiger partial charge in [0.25, 0.3) is 5.89 Å². The zero-order valence-electron chi connectivity index (χ0n) is 13.0. The van der Waals surface area contributed by atoms with Gasteiger partial charge in [-0.25, -0.2) is 4.39 Å². The molecule has 124 valence electrons. The summed E-state index contributed by atoms with van der Waals surface area (Å²) >= 11 is 0. The molecule has 1 fully saturated rings. The van der Waals surface area contributed by atoms with Crippen LogP contribution in [0.15, 0.2) is 28.7 Å². The quantitative estimate of drug-likeness (QED) is 0.783. The van der Waals surface area contributed by atoms with Crippen LogP contribution in [0, 0.1) is 5.82 Å². The van der Waals surface area contributed by atoms with Crippen LogP contribution in [-0.4, -0.2) is 54.5 Å². The highest BCUT2D eigenvalue weighted by molar-refractivity contribution is 5.53. The minimum Gasteiger partial charge on any atom is -0.419 e. The Labute approximate surface area is 134 Å². The van der Waals surface area contributed by atoms with Gasteiger partial charge in [-0.3, -0.25) is 4.90 Å². The predicted molar refractivity (Wildman–Crippen MR) is 83.3 cm³/mol. The van der Waals surface area contributed by atoms with E-state index >= 15 is 0 Å². The van der Waals surface area contributed by atoms with Crippen molar-refractivity contribution in [2.24, 2.45) is 0 Å². The lowest BCUT2D eigenvalue weighted by atomic mass is 10.2. The van der Waals surface area contributed by atoms with E-state index < -0.39 is 0 Å². The second-order valence-electron chi connectivity index (χ2n) is 5.47. The first-order valence-corrected chi connectivity index (χ1v) is 7.91. The Morgan fingerprint density at radius 2 is 2.00 bits per heavy atom. The lowest BCUT2D eigenvalue weighted by Gasteiger charge is -2.26. The van der Waals surface area contributed by atoms with Crippen molar-refractivity contribution in [1.82, 2.24) is 20.4 Å². The van der Waals surface area contributed by atoms with Gasteiger partial charge in [0.1, 0.15) is 5.82 Å². The summed E-state index contributed by atoms with van der Waals surface area (Å²) in [4.78, 5) is 2.40. The van der Waals surface area contributed by atoms with Crippen molar-refractivity contribution in [1.29, 1.82) is 0 Å².